The molecule has 1 aliphatic rings. The normalized spacial score (nSPS) is 15.9. The average molecular weight is 263 g/mol. The minimum atomic E-state index is -0.374. The fraction of sp³-hybridized carbons (Fsp3) is 0.500. The van der Waals surface area contributed by atoms with Gasteiger partial charge in [0.25, 0.3) is 0 Å². The maximum atomic E-state index is 13.2. The molecule has 1 fully saturated rings. The van der Waals surface area contributed by atoms with Crippen molar-refractivity contribution in [2.24, 2.45) is 5.73 Å². The lowest BCUT2D eigenvalue weighted by Crippen LogP contribution is -2.36. The van der Waals surface area contributed by atoms with Crippen LogP contribution in [0.3, 0.4) is 0 Å². The summed E-state index contributed by atoms with van der Waals surface area (Å²) < 4.78 is 18.5. The molecule has 0 radical (unpaired) electrons. The smallest absolute Gasteiger partial charge is 0.146 e. The first-order valence-electron chi connectivity index (χ1n) is 6.44. The Balaban J connectivity index is 1.85. The summed E-state index contributed by atoms with van der Waals surface area (Å²) in [5.74, 6) is 5.63. The minimum Gasteiger partial charge on any atom is -0.379 e. The van der Waals surface area contributed by atoms with Crippen molar-refractivity contribution in [3.8, 4) is 11.8 Å². The van der Waals surface area contributed by atoms with Gasteiger partial charge in [-0.05, 0) is 18.1 Å². The molecule has 102 valence electrons. The number of hydrogen-bond acceptors (Lipinski definition) is 4. The lowest BCUT2D eigenvalue weighted by atomic mass is 10.2. The van der Waals surface area contributed by atoms with Gasteiger partial charge in [0.2, 0.25) is 0 Å². The van der Waals surface area contributed by atoms with Crippen LogP contribution in [0.5, 0.6) is 0 Å². The fourth-order valence-electron chi connectivity index (χ4n) is 1.89. The van der Waals surface area contributed by atoms with E-state index in [1.165, 1.54) is 6.07 Å². The van der Waals surface area contributed by atoms with Crippen LogP contribution in [0.4, 0.5) is 4.39 Å². The molecule has 2 rings (SSSR count). The molecule has 0 aromatic carbocycles. The summed E-state index contributed by atoms with van der Waals surface area (Å²) in [5.41, 5.74) is 6.24. The van der Waals surface area contributed by atoms with E-state index < -0.39 is 0 Å². The molecule has 0 amide bonds. The van der Waals surface area contributed by atoms with Gasteiger partial charge in [-0.1, -0.05) is 5.92 Å². The lowest BCUT2D eigenvalue weighted by molar-refractivity contribution is 0.0390. The Morgan fingerprint density at radius 2 is 2.16 bits per heavy atom. The van der Waals surface area contributed by atoms with Crippen molar-refractivity contribution in [2.45, 2.75) is 13.0 Å². The summed E-state index contributed by atoms with van der Waals surface area (Å²) in [7, 11) is 0. The van der Waals surface area contributed by atoms with Gasteiger partial charge in [-0.15, -0.1) is 0 Å². The van der Waals surface area contributed by atoms with E-state index in [0.717, 1.165) is 39.3 Å². The number of morpholine rings is 1. The first-order chi connectivity index (χ1) is 9.29. The molecule has 4 nitrogen and oxygen atoms in total. The summed E-state index contributed by atoms with van der Waals surface area (Å²) in [6.45, 7) is 4.55. The van der Waals surface area contributed by atoms with Gasteiger partial charge in [0, 0.05) is 32.6 Å². The predicted octanol–water partition coefficient (Wildman–Crippen LogP) is 0.753. The van der Waals surface area contributed by atoms with Crippen LogP contribution in [0.15, 0.2) is 12.1 Å². The summed E-state index contributed by atoms with van der Waals surface area (Å²) in [4.78, 5) is 6.39. The van der Waals surface area contributed by atoms with E-state index in [1.54, 1.807) is 6.07 Å². The van der Waals surface area contributed by atoms with Gasteiger partial charge in [0.05, 0.1) is 18.9 Å². The summed E-state index contributed by atoms with van der Waals surface area (Å²) >= 11 is 0. The SMILES string of the molecule is NCc1nc(C#CCCN2CCOCC2)ccc1F. The highest BCUT2D eigenvalue weighted by Crippen LogP contribution is 2.04. The van der Waals surface area contributed by atoms with E-state index >= 15 is 0 Å². The molecule has 1 saturated heterocycles. The molecule has 0 atom stereocenters. The highest BCUT2D eigenvalue weighted by atomic mass is 19.1. The first kappa shape index (κ1) is 13.9. The molecule has 19 heavy (non-hydrogen) atoms. The Bertz CT molecular complexity index is 475. The molecule has 0 unspecified atom stereocenters. The van der Waals surface area contributed by atoms with Gasteiger partial charge in [0.1, 0.15) is 11.5 Å². The van der Waals surface area contributed by atoms with E-state index in [-0.39, 0.29) is 18.1 Å². The van der Waals surface area contributed by atoms with E-state index in [4.69, 9.17) is 10.5 Å². The number of aromatic nitrogens is 1. The number of hydrogen-bond donors (Lipinski definition) is 1. The molecule has 1 aromatic rings. The number of ether oxygens (including phenoxy) is 1. The van der Waals surface area contributed by atoms with Crippen molar-refractivity contribution in [1.29, 1.82) is 0 Å². The van der Waals surface area contributed by atoms with Crippen molar-refractivity contribution in [3.05, 3.63) is 29.3 Å². The van der Waals surface area contributed by atoms with Crippen LogP contribution in [0.25, 0.3) is 0 Å². The van der Waals surface area contributed by atoms with Crippen molar-refractivity contribution < 1.29 is 9.13 Å². The second kappa shape index (κ2) is 7.19. The number of halogens is 1. The van der Waals surface area contributed by atoms with E-state index in [1.807, 2.05) is 0 Å². The molecule has 0 saturated carbocycles. The van der Waals surface area contributed by atoms with Crippen molar-refractivity contribution in [1.82, 2.24) is 9.88 Å². The third-order valence-corrected chi connectivity index (χ3v) is 2.99. The third kappa shape index (κ3) is 4.28. The summed E-state index contributed by atoms with van der Waals surface area (Å²) in [6.07, 6.45) is 0.775. The second-order valence-corrected chi connectivity index (χ2v) is 4.33. The minimum absolute atomic E-state index is 0.0924. The number of nitrogens with two attached hydrogens (primary N) is 1. The van der Waals surface area contributed by atoms with Gasteiger partial charge in [-0.25, -0.2) is 9.37 Å². The van der Waals surface area contributed by atoms with Crippen molar-refractivity contribution in [3.63, 3.8) is 0 Å². The van der Waals surface area contributed by atoms with Gasteiger partial charge in [0.15, 0.2) is 0 Å². The predicted molar refractivity (Wildman–Crippen MR) is 70.8 cm³/mol. The van der Waals surface area contributed by atoms with Crippen molar-refractivity contribution in [2.75, 3.05) is 32.8 Å². The van der Waals surface area contributed by atoms with Gasteiger partial charge >= 0.3 is 0 Å². The molecule has 2 N–H and O–H groups in total. The summed E-state index contributed by atoms with van der Waals surface area (Å²) in [5, 5.41) is 0. The van der Waals surface area contributed by atoms with Crippen LogP contribution >= 0.6 is 0 Å². The molecule has 0 spiro atoms. The Hall–Kier alpha value is -1.48. The maximum absolute atomic E-state index is 13.2. The first-order valence-corrected chi connectivity index (χ1v) is 6.44. The third-order valence-electron chi connectivity index (χ3n) is 2.99. The van der Waals surface area contributed by atoms with Crippen LogP contribution < -0.4 is 5.73 Å². The zero-order valence-electron chi connectivity index (χ0n) is 10.9. The molecule has 5 heteroatoms. The Labute approximate surface area is 112 Å². The number of nitrogens with zero attached hydrogens (tertiary/aromatic N) is 2. The second-order valence-electron chi connectivity index (χ2n) is 4.33. The largest absolute Gasteiger partial charge is 0.379 e. The summed E-state index contributed by atoms with van der Waals surface area (Å²) in [6, 6.07) is 2.94. The zero-order chi connectivity index (χ0) is 13.5. The molecule has 0 aliphatic carbocycles. The van der Waals surface area contributed by atoms with Crippen molar-refractivity contribution >= 4 is 0 Å². The standard InChI is InChI=1S/C14H18FN3O/c15-13-5-4-12(17-14(13)11-16)3-1-2-6-18-7-9-19-10-8-18/h4-5H,2,6-11,16H2. The highest BCUT2D eigenvalue weighted by molar-refractivity contribution is 5.29. The molecule has 1 aliphatic heterocycles. The van der Waals surface area contributed by atoms with Crippen LogP contribution in [-0.2, 0) is 11.3 Å². The van der Waals surface area contributed by atoms with Gasteiger partial charge < -0.3 is 10.5 Å². The van der Waals surface area contributed by atoms with Crippen LogP contribution in [0.1, 0.15) is 17.8 Å². The van der Waals surface area contributed by atoms with Gasteiger partial charge in [-0.2, -0.15) is 0 Å². The molecular formula is C14H18FN3O. The highest BCUT2D eigenvalue weighted by Gasteiger charge is 2.08. The Morgan fingerprint density at radius 1 is 1.37 bits per heavy atom. The van der Waals surface area contributed by atoms with E-state index in [2.05, 4.69) is 21.7 Å². The number of rotatable bonds is 3. The average Bonchev–Trinajstić information content (AvgIpc) is 2.46. The Morgan fingerprint density at radius 3 is 2.89 bits per heavy atom. The zero-order valence-corrected chi connectivity index (χ0v) is 10.9. The van der Waals surface area contributed by atoms with Crippen LogP contribution in [0, 0.1) is 17.7 Å². The van der Waals surface area contributed by atoms with Gasteiger partial charge in [-0.3, -0.25) is 4.90 Å². The lowest BCUT2D eigenvalue weighted by Gasteiger charge is -2.25. The Kier molecular flexibility index (Phi) is 5.28. The molecular weight excluding hydrogens is 245 g/mol. The quantitative estimate of drug-likeness (QED) is 0.818. The van der Waals surface area contributed by atoms with Crippen LogP contribution in [-0.4, -0.2) is 42.7 Å². The number of pyridine rings is 1. The maximum Gasteiger partial charge on any atom is 0.146 e. The molecule has 1 aromatic heterocycles. The van der Waals surface area contributed by atoms with Crippen LogP contribution in [0.2, 0.25) is 0 Å². The van der Waals surface area contributed by atoms with E-state index in [9.17, 15) is 4.39 Å². The topological polar surface area (TPSA) is 51.4 Å². The van der Waals surface area contributed by atoms with E-state index in [0.29, 0.717) is 5.69 Å². The molecule has 0 bridgehead atoms. The molecule has 2 heterocycles. The monoisotopic (exact) mass is 263 g/mol. The fourth-order valence-corrected chi connectivity index (χ4v) is 1.89.